The van der Waals surface area contributed by atoms with Crippen LogP contribution in [0.5, 0.6) is 0 Å². The fourth-order valence-corrected chi connectivity index (χ4v) is 3.76. The molecule has 1 saturated carbocycles. The monoisotopic (exact) mass is 327 g/mol. The van der Waals surface area contributed by atoms with Gasteiger partial charge in [0.05, 0.1) is 0 Å². The van der Waals surface area contributed by atoms with Gasteiger partial charge in [-0.05, 0) is 25.3 Å². The van der Waals surface area contributed by atoms with Crippen molar-refractivity contribution in [2.24, 2.45) is 0 Å². The first-order valence-electron chi connectivity index (χ1n) is 6.82. The zero-order valence-electron chi connectivity index (χ0n) is 11.6. The van der Waals surface area contributed by atoms with Crippen LogP contribution in [0.1, 0.15) is 30.5 Å². The van der Waals surface area contributed by atoms with E-state index in [1.165, 1.54) is 30.4 Å². The molecule has 0 atom stereocenters. The molecule has 3 rings (SSSR count). The number of nitrogens with zero attached hydrogens (tertiary/aromatic N) is 2. The lowest BCUT2D eigenvalue weighted by Gasteiger charge is -2.01. The van der Waals surface area contributed by atoms with Crippen molar-refractivity contribution < 1.29 is 8.42 Å². The highest BCUT2D eigenvalue weighted by Gasteiger charge is 2.21. The van der Waals surface area contributed by atoms with E-state index in [1.807, 2.05) is 6.92 Å². The molecule has 3 N–H and O–H groups in total. The normalized spacial score (nSPS) is 15.3. The summed E-state index contributed by atoms with van der Waals surface area (Å²) >= 11 is 1.25. The van der Waals surface area contributed by atoms with Gasteiger partial charge in [-0.1, -0.05) is 18.3 Å². The highest BCUT2D eigenvalue weighted by atomic mass is 32.2. The molecular formula is C12H17N5O2S2. The SMILES string of the molecule is CCc1nnc(NS(=O)(=O)c2c[nH]c(CNC3CC3)c2)s1. The Labute approximate surface area is 127 Å². The van der Waals surface area contributed by atoms with E-state index in [9.17, 15) is 8.42 Å². The third-order valence-electron chi connectivity index (χ3n) is 3.18. The van der Waals surface area contributed by atoms with Gasteiger partial charge in [0.1, 0.15) is 9.90 Å². The van der Waals surface area contributed by atoms with Crippen molar-refractivity contribution >= 4 is 26.5 Å². The van der Waals surface area contributed by atoms with Crippen molar-refractivity contribution in [3.05, 3.63) is 23.0 Å². The Balaban J connectivity index is 1.68. The second-order valence-corrected chi connectivity index (χ2v) is 7.72. The number of anilines is 1. The first-order chi connectivity index (χ1) is 10.1. The van der Waals surface area contributed by atoms with Crippen LogP contribution in [0.4, 0.5) is 5.13 Å². The standard InChI is InChI=1S/C12H17N5O2S2/c1-2-11-15-16-12(20-11)17-21(18,19)10-5-9(14-7-10)6-13-8-3-4-8/h5,7-8,13-14H,2-4,6H2,1H3,(H,16,17). The van der Waals surface area contributed by atoms with E-state index in [4.69, 9.17) is 0 Å². The number of nitrogens with one attached hydrogen (secondary N) is 3. The van der Waals surface area contributed by atoms with Crippen LogP contribution in [0.15, 0.2) is 17.2 Å². The van der Waals surface area contributed by atoms with Crippen molar-refractivity contribution in [1.82, 2.24) is 20.5 Å². The summed E-state index contributed by atoms with van der Waals surface area (Å²) in [5, 5.41) is 12.2. The smallest absolute Gasteiger partial charge is 0.265 e. The highest BCUT2D eigenvalue weighted by molar-refractivity contribution is 7.93. The van der Waals surface area contributed by atoms with Crippen LogP contribution in [0.2, 0.25) is 0 Å². The van der Waals surface area contributed by atoms with Crippen LogP contribution < -0.4 is 10.0 Å². The molecule has 0 aliphatic heterocycles. The fraction of sp³-hybridized carbons (Fsp3) is 0.500. The Kier molecular flexibility index (Phi) is 3.96. The molecule has 1 aliphatic carbocycles. The summed E-state index contributed by atoms with van der Waals surface area (Å²) in [6.07, 6.45) is 4.63. The second kappa shape index (κ2) is 5.74. The zero-order chi connectivity index (χ0) is 14.9. The van der Waals surface area contributed by atoms with Crippen molar-refractivity contribution in [1.29, 1.82) is 0 Å². The van der Waals surface area contributed by atoms with Crippen LogP contribution in [0, 0.1) is 0 Å². The summed E-state index contributed by atoms with van der Waals surface area (Å²) in [6.45, 7) is 2.60. The molecule has 0 spiro atoms. The van der Waals surface area contributed by atoms with Crippen LogP contribution in [0.3, 0.4) is 0 Å². The van der Waals surface area contributed by atoms with Crippen molar-refractivity contribution in [3.8, 4) is 0 Å². The molecule has 9 heteroatoms. The first-order valence-corrected chi connectivity index (χ1v) is 9.12. The predicted octanol–water partition coefficient (Wildman–Crippen LogP) is 1.48. The minimum atomic E-state index is -3.61. The molecule has 21 heavy (non-hydrogen) atoms. The molecule has 2 heterocycles. The van der Waals surface area contributed by atoms with Crippen LogP contribution in [-0.2, 0) is 23.0 Å². The molecule has 0 saturated heterocycles. The number of aryl methyl sites for hydroxylation is 1. The molecule has 1 aliphatic rings. The van der Waals surface area contributed by atoms with Crippen LogP contribution >= 0.6 is 11.3 Å². The number of hydrogen-bond acceptors (Lipinski definition) is 6. The van der Waals surface area contributed by atoms with Gasteiger partial charge in [0.25, 0.3) is 10.0 Å². The maximum Gasteiger partial charge on any atom is 0.265 e. The fourth-order valence-electron chi connectivity index (χ4n) is 1.83. The van der Waals surface area contributed by atoms with E-state index in [0.29, 0.717) is 17.7 Å². The van der Waals surface area contributed by atoms with E-state index < -0.39 is 10.0 Å². The molecule has 2 aromatic rings. The van der Waals surface area contributed by atoms with Gasteiger partial charge < -0.3 is 10.3 Å². The number of aromatic nitrogens is 3. The average Bonchev–Trinajstić information content (AvgIpc) is 2.98. The topological polar surface area (TPSA) is 99.8 Å². The van der Waals surface area contributed by atoms with Gasteiger partial charge in [0.2, 0.25) is 5.13 Å². The second-order valence-electron chi connectivity index (χ2n) is 4.98. The molecule has 0 bridgehead atoms. The summed E-state index contributed by atoms with van der Waals surface area (Å²) in [7, 11) is -3.61. The minimum Gasteiger partial charge on any atom is -0.363 e. The van der Waals surface area contributed by atoms with E-state index in [1.54, 1.807) is 6.07 Å². The molecule has 114 valence electrons. The number of rotatable bonds is 7. The number of H-pyrrole nitrogens is 1. The quantitative estimate of drug-likeness (QED) is 0.715. The van der Waals surface area contributed by atoms with Gasteiger partial charge in [0.15, 0.2) is 0 Å². The molecule has 7 nitrogen and oxygen atoms in total. The molecule has 0 radical (unpaired) electrons. The van der Waals surface area contributed by atoms with Gasteiger partial charge >= 0.3 is 0 Å². The third kappa shape index (κ3) is 3.60. The molecule has 0 amide bonds. The lowest BCUT2D eigenvalue weighted by Crippen LogP contribution is -2.15. The Morgan fingerprint density at radius 2 is 2.24 bits per heavy atom. The van der Waals surface area contributed by atoms with E-state index in [-0.39, 0.29) is 4.90 Å². The summed E-state index contributed by atoms with van der Waals surface area (Å²) in [6, 6.07) is 2.22. The molecule has 0 unspecified atom stereocenters. The number of sulfonamides is 1. The Morgan fingerprint density at radius 3 is 2.90 bits per heavy atom. The maximum absolute atomic E-state index is 12.3. The van der Waals surface area contributed by atoms with Crippen molar-refractivity contribution in [3.63, 3.8) is 0 Å². The number of aromatic amines is 1. The summed E-state index contributed by atoms with van der Waals surface area (Å²) in [5.74, 6) is 0. The molecular weight excluding hydrogens is 310 g/mol. The Bertz CT molecular complexity index is 718. The lowest BCUT2D eigenvalue weighted by molar-refractivity contribution is 0.601. The zero-order valence-corrected chi connectivity index (χ0v) is 13.2. The third-order valence-corrected chi connectivity index (χ3v) is 5.61. The number of hydrogen-bond donors (Lipinski definition) is 3. The molecule has 0 aromatic carbocycles. The minimum absolute atomic E-state index is 0.211. The maximum atomic E-state index is 12.3. The van der Waals surface area contributed by atoms with Crippen LogP contribution in [-0.4, -0.2) is 29.6 Å². The van der Waals surface area contributed by atoms with Crippen LogP contribution in [0.25, 0.3) is 0 Å². The largest absolute Gasteiger partial charge is 0.363 e. The molecule has 1 fully saturated rings. The van der Waals surface area contributed by atoms with Crippen molar-refractivity contribution in [2.45, 2.75) is 43.7 Å². The van der Waals surface area contributed by atoms with E-state index in [0.717, 1.165) is 17.1 Å². The average molecular weight is 327 g/mol. The Hall–Kier alpha value is -1.45. The van der Waals surface area contributed by atoms with E-state index in [2.05, 4.69) is 25.2 Å². The highest BCUT2D eigenvalue weighted by Crippen LogP contribution is 2.22. The predicted molar refractivity (Wildman–Crippen MR) is 80.7 cm³/mol. The van der Waals surface area contributed by atoms with Gasteiger partial charge in [0, 0.05) is 24.5 Å². The van der Waals surface area contributed by atoms with Gasteiger partial charge in [-0.15, -0.1) is 10.2 Å². The molecule has 2 aromatic heterocycles. The van der Waals surface area contributed by atoms with Gasteiger partial charge in [-0.3, -0.25) is 4.72 Å². The van der Waals surface area contributed by atoms with Gasteiger partial charge in [-0.25, -0.2) is 8.42 Å². The summed E-state index contributed by atoms with van der Waals surface area (Å²) in [5.41, 5.74) is 0.855. The van der Waals surface area contributed by atoms with Crippen molar-refractivity contribution in [2.75, 3.05) is 4.72 Å². The first kappa shape index (κ1) is 14.5. The lowest BCUT2D eigenvalue weighted by atomic mass is 10.4. The van der Waals surface area contributed by atoms with Gasteiger partial charge in [-0.2, -0.15) is 0 Å². The summed E-state index contributed by atoms with van der Waals surface area (Å²) in [4.78, 5) is 3.19. The van der Waals surface area contributed by atoms with E-state index >= 15 is 0 Å². The Morgan fingerprint density at radius 1 is 1.43 bits per heavy atom. The summed E-state index contributed by atoms with van der Waals surface area (Å²) < 4.78 is 27.0.